The van der Waals surface area contributed by atoms with Crippen LogP contribution >= 0.6 is 22.9 Å². The average Bonchev–Trinajstić information content (AvgIpc) is 3.17. The van der Waals surface area contributed by atoms with Gasteiger partial charge in [0.25, 0.3) is 10.0 Å². The summed E-state index contributed by atoms with van der Waals surface area (Å²) in [5.74, 6) is -0.875. The third-order valence-electron chi connectivity index (χ3n) is 4.66. The highest BCUT2D eigenvalue weighted by atomic mass is 35.5. The van der Waals surface area contributed by atoms with Crippen molar-refractivity contribution in [1.82, 2.24) is 4.98 Å². The molecule has 0 aliphatic heterocycles. The first-order valence-electron chi connectivity index (χ1n) is 8.70. The molecule has 1 atom stereocenters. The monoisotopic (exact) mass is 437 g/mol. The van der Waals surface area contributed by atoms with Gasteiger partial charge in [-0.15, -0.1) is 11.3 Å². The largest absolute Gasteiger partial charge is 0.377 e. The smallest absolute Gasteiger partial charge is 0.266 e. The van der Waals surface area contributed by atoms with E-state index >= 15 is 0 Å². The van der Waals surface area contributed by atoms with Crippen LogP contribution in [0.1, 0.15) is 30.0 Å². The van der Waals surface area contributed by atoms with E-state index in [4.69, 9.17) is 11.6 Å². The van der Waals surface area contributed by atoms with E-state index in [-0.39, 0.29) is 16.2 Å². The quantitative estimate of drug-likeness (QED) is 0.573. The summed E-state index contributed by atoms with van der Waals surface area (Å²) in [5, 5.41) is 5.20. The molecule has 0 fully saturated rings. The molecular formula is C19H17ClFN3O2S2. The fourth-order valence-corrected chi connectivity index (χ4v) is 5.54. The van der Waals surface area contributed by atoms with Crippen molar-refractivity contribution in [3.63, 3.8) is 0 Å². The molecule has 1 aliphatic rings. The molecule has 3 aromatic rings. The van der Waals surface area contributed by atoms with Gasteiger partial charge < -0.3 is 5.32 Å². The second kappa shape index (κ2) is 7.69. The summed E-state index contributed by atoms with van der Waals surface area (Å²) in [6, 6.07) is 10.4. The van der Waals surface area contributed by atoms with Crippen molar-refractivity contribution < 1.29 is 12.8 Å². The van der Waals surface area contributed by atoms with Crippen molar-refractivity contribution in [2.24, 2.45) is 0 Å². The van der Waals surface area contributed by atoms with E-state index in [1.54, 1.807) is 5.38 Å². The number of rotatable bonds is 5. The Bertz CT molecular complexity index is 1100. The lowest BCUT2D eigenvalue weighted by Gasteiger charge is -2.27. The Morgan fingerprint density at radius 2 is 2.07 bits per heavy atom. The van der Waals surface area contributed by atoms with Gasteiger partial charge in [-0.3, -0.25) is 4.72 Å². The molecule has 0 saturated heterocycles. The molecule has 0 spiro atoms. The number of halogens is 2. The lowest BCUT2D eigenvalue weighted by atomic mass is 9.87. The predicted octanol–water partition coefficient (Wildman–Crippen LogP) is 5.23. The van der Waals surface area contributed by atoms with Crippen molar-refractivity contribution in [2.45, 2.75) is 30.2 Å². The number of hydrogen-bond donors (Lipinski definition) is 2. The standard InChI is InChI=1S/C19H17ClFN3O2S2/c20-14-10-18(28(25,26)24-19-22-8-9-27-19)15(21)11-17(14)23-16-7-3-5-12-4-1-2-6-13(12)16/h1-2,4,6,8-11,16,23H,3,5,7H2,(H,22,24)/t16-/m0/s1. The lowest BCUT2D eigenvalue weighted by molar-refractivity contribution is 0.569. The highest BCUT2D eigenvalue weighted by molar-refractivity contribution is 7.93. The SMILES string of the molecule is O=S(=O)(Nc1nccs1)c1cc(Cl)c(N[C@H]2CCCc3ccccc32)cc1F. The zero-order valence-electron chi connectivity index (χ0n) is 14.7. The molecule has 0 amide bonds. The minimum absolute atomic E-state index is 0.00208. The number of nitrogens with zero attached hydrogens (tertiary/aromatic N) is 1. The van der Waals surface area contributed by atoms with E-state index in [1.165, 1.54) is 11.8 Å². The fraction of sp³-hybridized carbons (Fsp3) is 0.211. The average molecular weight is 438 g/mol. The van der Waals surface area contributed by atoms with Gasteiger partial charge in [-0.1, -0.05) is 35.9 Å². The number of nitrogens with one attached hydrogen (secondary N) is 2. The Kier molecular flexibility index (Phi) is 5.27. The molecule has 0 unspecified atom stereocenters. The first kappa shape index (κ1) is 19.2. The van der Waals surface area contributed by atoms with Crippen molar-refractivity contribution in [2.75, 3.05) is 10.0 Å². The van der Waals surface area contributed by atoms with Gasteiger partial charge in [0.1, 0.15) is 10.7 Å². The highest BCUT2D eigenvalue weighted by Gasteiger charge is 2.25. The molecule has 146 valence electrons. The van der Waals surface area contributed by atoms with Crippen LogP contribution < -0.4 is 10.0 Å². The van der Waals surface area contributed by atoms with Crippen LogP contribution in [0, 0.1) is 5.82 Å². The van der Waals surface area contributed by atoms with E-state index in [0.29, 0.717) is 5.69 Å². The number of anilines is 2. The number of hydrogen-bond acceptors (Lipinski definition) is 5. The highest BCUT2D eigenvalue weighted by Crippen LogP contribution is 2.36. The number of sulfonamides is 1. The molecule has 1 heterocycles. The topological polar surface area (TPSA) is 71.1 Å². The number of fused-ring (bicyclic) bond motifs is 1. The second-order valence-corrected chi connectivity index (χ2v) is 9.45. The summed E-state index contributed by atoms with van der Waals surface area (Å²) in [7, 11) is -4.12. The Labute approximate surface area is 171 Å². The van der Waals surface area contributed by atoms with Gasteiger partial charge in [0.15, 0.2) is 5.13 Å². The van der Waals surface area contributed by atoms with Gasteiger partial charge in [-0.25, -0.2) is 17.8 Å². The van der Waals surface area contributed by atoms with E-state index in [0.717, 1.165) is 48.3 Å². The molecule has 28 heavy (non-hydrogen) atoms. The maximum absolute atomic E-state index is 14.7. The fourth-order valence-electron chi connectivity index (χ4n) is 3.38. The van der Waals surface area contributed by atoms with Crippen LogP contribution in [0.15, 0.2) is 52.9 Å². The van der Waals surface area contributed by atoms with Crippen LogP contribution in [0.3, 0.4) is 0 Å². The molecule has 0 radical (unpaired) electrons. The summed E-state index contributed by atoms with van der Waals surface area (Å²) in [6.07, 6.45) is 4.37. The molecule has 0 saturated carbocycles. The zero-order valence-corrected chi connectivity index (χ0v) is 17.0. The van der Waals surface area contributed by atoms with E-state index < -0.39 is 20.7 Å². The van der Waals surface area contributed by atoms with Gasteiger partial charge in [0, 0.05) is 11.6 Å². The molecule has 1 aromatic heterocycles. The van der Waals surface area contributed by atoms with Crippen molar-refractivity contribution in [3.8, 4) is 0 Å². The van der Waals surface area contributed by atoms with Gasteiger partial charge >= 0.3 is 0 Å². The van der Waals surface area contributed by atoms with E-state index in [9.17, 15) is 12.8 Å². The summed E-state index contributed by atoms with van der Waals surface area (Å²) < 4.78 is 41.9. The third-order valence-corrected chi connectivity index (χ3v) is 7.15. The maximum atomic E-state index is 14.7. The van der Waals surface area contributed by atoms with Gasteiger partial charge in [-0.05, 0) is 42.5 Å². The van der Waals surface area contributed by atoms with Crippen LogP contribution in [0.4, 0.5) is 15.2 Å². The third kappa shape index (κ3) is 3.85. The summed E-state index contributed by atoms with van der Waals surface area (Å²) in [6.45, 7) is 0. The minimum Gasteiger partial charge on any atom is -0.377 e. The number of thiazole rings is 1. The van der Waals surface area contributed by atoms with Gasteiger partial charge in [0.05, 0.1) is 16.8 Å². The minimum atomic E-state index is -4.12. The molecule has 4 rings (SSSR count). The van der Waals surface area contributed by atoms with Gasteiger partial charge in [-0.2, -0.15) is 0 Å². The maximum Gasteiger partial charge on any atom is 0.266 e. The molecule has 1 aliphatic carbocycles. The van der Waals surface area contributed by atoms with E-state index in [1.807, 2.05) is 18.2 Å². The normalized spacial score (nSPS) is 16.4. The Morgan fingerprint density at radius 3 is 2.86 bits per heavy atom. The number of benzene rings is 2. The predicted molar refractivity (Wildman–Crippen MR) is 110 cm³/mol. The summed E-state index contributed by atoms with van der Waals surface area (Å²) in [5.41, 5.74) is 2.79. The summed E-state index contributed by atoms with van der Waals surface area (Å²) in [4.78, 5) is 3.34. The molecule has 0 bridgehead atoms. The summed E-state index contributed by atoms with van der Waals surface area (Å²) >= 11 is 7.41. The van der Waals surface area contributed by atoms with Crippen molar-refractivity contribution >= 4 is 43.8 Å². The Hall–Kier alpha value is -2.16. The molecular weight excluding hydrogens is 421 g/mol. The molecule has 2 aromatic carbocycles. The first-order valence-corrected chi connectivity index (χ1v) is 11.4. The number of aromatic nitrogens is 1. The van der Waals surface area contributed by atoms with Crippen LogP contribution in [0.25, 0.3) is 0 Å². The first-order chi connectivity index (χ1) is 13.4. The van der Waals surface area contributed by atoms with Crippen LogP contribution in [0.2, 0.25) is 5.02 Å². The molecule has 5 nitrogen and oxygen atoms in total. The Morgan fingerprint density at radius 1 is 1.25 bits per heavy atom. The van der Waals surface area contributed by atoms with Crippen LogP contribution in [-0.4, -0.2) is 13.4 Å². The van der Waals surface area contributed by atoms with Crippen molar-refractivity contribution in [3.05, 3.63) is 69.9 Å². The van der Waals surface area contributed by atoms with Crippen LogP contribution in [0.5, 0.6) is 0 Å². The molecule has 2 N–H and O–H groups in total. The Balaban J connectivity index is 1.62. The second-order valence-electron chi connectivity index (χ2n) is 6.49. The molecule has 9 heteroatoms. The van der Waals surface area contributed by atoms with Crippen LogP contribution in [-0.2, 0) is 16.4 Å². The number of aryl methyl sites for hydroxylation is 1. The lowest BCUT2D eigenvalue weighted by Crippen LogP contribution is -2.18. The zero-order chi connectivity index (χ0) is 19.7. The van der Waals surface area contributed by atoms with Gasteiger partial charge in [0.2, 0.25) is 0 Å². The van der Waals surface area contributed by atoms with Crippen molar-refractivity contribution in [1.29, 1.82) is 0 Å². The van der Waals surface area contributed by atoms with E-state index in [2.05, 4.69) is 21.1 Å².